The number of carbonyl (C=O) groups is 1. The van der Waals surface area contributed by atoms with Gasteiger partial charge in [0.2, 0.25) is 5.91 Å². The number of ether oxygens (including phenoxy) is 2. The van der Waals surface area contributed by atoms with Crippen LogP contribution in [0.1, 0.15) is 12.8 Å². The molecule has 0 radical (unpaired) electrons. The van der Waals surface area contributed by atoms with Crippen molar-refractivity contribution in [2.75, 3.05) is 20.8 Å². The Morgan fingerprint density at radius 2 is 2.08 bits per heavy atom. The van der Waals surface area contributed by atoms with E-state index in [1.54, 1.807) is 14.2 Å². The first-order valence-corrected chi connectivity index (χ1v) is 4.11. The van der Waals surface area contributed by atoms with Crippen LogP contribution < -0.4 is 5.32 Å². The first kappa shape index (κ1) is 9.48. The molecule has 0 aromatic carbocycles. The summed E-state index contributed by atoms with van der Waals surface area (Å²) in [6, 6.07) is 0. The van der Waals surface area contributed by atoms with Gasteiger partial charge in [-0.15, -0.1) is 0 Å². The van der Waals surface area contributed by atoms with E-state index < -0.39 is 0 Å². The average molecular weight is 173 g/mol. The third-order valence-electron chi connectivity index (χ3n) is 1.92. The third kappa shape index (κ3) is 2.79. The Labute approximate surface area is 72.2 Å². The van der Waals surface area contributed by atoms with Crippen LogP contribution in [-0.4, -0.2) is 33.0 Å². The molecule has 1 aliphatic rings. The van der Waals surface area contributed by atoms with Gasteiger partial charge in [0.05, 0.1) is 6.54 Å². The lowest BCUT2D eigenvalue weighted by atomic mass is 10.4. The lowest BCUT2D eigenvalue weighted by molar-refractivity contribution is -0.128. The second-order valence-electron chi connectivity index (χ2n) is 2.92. The SMILES string of the molecule is COC(CNC(=O)C1CC1)OC. The minimum absolute atomic E-state index is 0.120. The number of rotatable bonds is 5. The average Bonchev–Trinajstić information content (AvgIpc) is 2.88. The highest BCUT2D eigenvalue weighted by Crippen LogP contribution is 2.28. The van der Waals surface area contributed by atoms with E-state index in [2.05, 4.69) is 5.32 Å². The molecule has 1 saturated carbocycles. The Morgan fingerprint density at radius 1 is 1.50 bits per heavy atom. The largest absolute Gasteiger partial charge is 0.354 e. The van der Waals surface area contributed by atoms with Crippen molar-refractivity contribution in [3.8, 4) is 0 Å². The van der Waals surface area contributed by atoms with Gasteiger partial charge in [-0.05, 0) is 12.8 Å². The highest BCUT2D eigenvalue weighted by atomic mass is 16.7. The van der Waals surface area contributed by atoms with Crippen molar-refractivity contribution in [1.82, 2.24) is 5.32 Å². The minimum atomic E-state index is -0.326. The summed E-state index contributed by atoms with van der Waals surface area (Å²) in [6.07, 6.45) is 1.72. The van der Waals surface area contributed by atoms with Crippen LogP contribution in [0.3, 0.4) is 0 Å². The summed E-state index contributed by atoms with van der Waals surface area (Å²) in [7, 11) is 3.11. The van der Waals surface area contributed by atoms with E-state index in [0.29, 0.717) is 6.54 Å². The monoisotopic (exact) mass is 173 g/mol. The number of nitrogens with one attached hydrogen (secondary N) is 1. The summed E-state index contributed by atoms with van der Waals surface area (Å²) in [5, 5.41) is 2.76. The first-order valence-electron chi connectivity index (χ1n) is 4.11. The van der Waals surface area contributed by atoms with E-state index >= 15 is 0 Å². The molecule has 0 spiro atoms. The zero-order valence-electron chi connectivity index (χ0n) is 7.50. The number of hydrogen-bond acceptors (Lipinski definition) is 3. The molecule has 0 aromatic rings. The van der Waals surface area contributed by atoms with Gasteiger partial charge in [-0.2, -0.15) is 0 Å². The Kier molecular flexibility index (Phi) is 3.49. The standard InChI is InChI=1S/C8H15NO3/c1-11-7(12-2)5-9-8(10)6-3-4-6/h6-7H,3-5H2,1-2H3,(H,9,10). The second-order valence-corrected chi connectivity index (χ2v) is 2.92. The van der Waals surface area contributed by atoms with E-state index in [0.717, 1.165) is 12.8 Å². The van der Waals surface area contributed by atoms with Crippen molar-refractivity contribution in [1.29, 1.82) is 0 Å². The smallest absolute Gasteiger partial charge is 0.223 e. The molecule has 0 atom stereocenters. The molecular weight excluding hydrogens is 158 g/mol. The molecule has 1 N–H and O–H groups in total. The molecule has 0 bridgehead atoms. The van der Waals surface area contributed by atoms with Gasteiger partial charge in [-0.25, -0.2) is 0 Å². The Hall–Kier alpha value is -0.610. The van der Waals surface area contributed by atoms with E-state index in [-0.39, 0.29) is 18.1 Å². The molecule has 0 unspecified atom stereocenters. The van der Waals surface area contributed by atoms with Crippen LogP contribution in [0.5, 0.6) is 0 Å². The predicted octanol–water partition coefficient (Wildman–Crippen LogP) is 0.131. The van der Waals surface area contributed by atoms with Crippen molar-refractivity contribution in [3.63, 3.8) is 0 Å². The quantitative estimate of drug-likeness (QED) is 0.601. The normalized spacial score (nSPS) is 16.6. The number of methoxy groups -OCH3 is 2. The maximum Gasteiger partial charge on any atom is 0.223 e. The fourth-order valence-electron chi connectivity index (χ4n) is 0.937. The number of carbonyl (C=O) groups excluding carboxylic acids is 1. The van der Waals surface area contributed by atoms with Gasteiger partial charge in [0.1, 0.15) is 0 Å². The van der Waals surface area contributed by atoms with Crippen molar-refractivity contribution < 1.29 is 14.3 Å². The van der Waals surface area contributed by atoms with Gasteiger partial charge in [-0.1, -0.05) is 0 Å². The van der Waals surface area contributed by atoms with Crippen molar-refractivity contribution in [3.05, 3.63) is 0 Å². The molecular formula is C8H15NO3. The Balaban J connectivity index is 2.09. The fourth-order valence-corrected chi connectivity index (χ4v) is 0.937. The molecule has 70 valence electrons. The first-order chi connectivity index (χ1) is 5.77. The molecule has 0 aromatic heterocycles. The molecule has 1 amide bonds. The van der Waals surface area contributed by atoms with E-state index in [1.165, 1.54) is 0 Å². The van der Waals surface area contributed by atoms with Crippen LogP contribution in [0, 0.1) is 5.92 Å². The van der Waals surface area contributed by atoms with Gasteiger partial charge in [0.25, 0.3) is 0 Å². The molecule has 12 heavy (non-hydrogen) atoms. The minimum Gasteiger partial charge on any atom is -0.354 e. The Bertz CT molecular complexity index is 152. The predicted molar refractivity (Wildman–Crippen MR) is 43.5 cm³/mol. The van der Waals surface area contributed by atoms with Crippen molar-refractivity contribution in [2.45, 2.75) is 19.1 Å². The summed E-state index contributed by atoms with van der Waals surface area (Å²) in [5.74, 6) is 0.369. The Morgan fingerprint density at radius 3 is 2.50 bits per heavy atom. The summed E-state index contributed by atoms with van der Waals surface area (Å²) in [6.45, 7) is 0.433. The van der Waals surface area contributed by atoms with E-state index in [9.17, 15) is 4.79 Å². The van der Waals surface area contributed by atoms with Crippen molar-refractivity contribution in [2.24, 2.45) is 5.92 Å². The lowest BCUT2D eigenvalue weighted by Gasteiger charge is -2.13. The van der Waals surface area contributed by atoms with Gasteiger partial charge < -0.3 is 14.8 Å². The van der Waals surface area contributed by atoms with Crippen LogP contribution >= 0.6 is 0 Å². The molecule has 0 heterocycles. The molecule has 4 nitrogen and oxygen atoms in total. The molecule has 4 heteroatoms. The number of hydrogen-bond donors (Lipinski definition) is 1. The highest BCUT2D eigenvalue weighted by molar-refractivity contribution is 5.80. The van der Waals surface area contributed by atoms with Crippen LogP contribution in [0.15, 0.2) is 0 Å². The summed E-state index contributed by atoms with van der Waals surface area (Å²) in [4.78, 5) is 11.1. The second kappa shape index (κ2) is 4.42. The maximum atomic E-state index is 11.1. The summed E-state index contributed by atoms with van der Waals surface area (Å²) < 4.78 is 9.83. The summed E-state index contributed by atoms with van der Waals surface area (Å²) >= 11 is 0. The summed E-state index contributed by atoms with van der Waals surface area (Å²) in [5.41, 5.74) is 0. The van der Waals surface area contributed by atoms with Crippen LogP contribution in [-0.2, 0) is 14.3 Å². The fraction of sp³-hybridized carbons (Fsp3) is 0.875. The van der Waals surface area contributed by atoms with E-state index in [4.69, 9.17) is 9.47 Å². The topological polar surface area (TPSA) is 47.6 Å². The van der Waals surface area contributed by atoms with Gasteiger partial charge in [0.15, 0.2) is 6.29 Å². The van der Waals surface area contributed by atoms with Gasteiger partial charge >= 0.3 is 0 Å². The molecule has 0 saturated heterocycles. The van der Waals surface area contributed by atoms with Crippen LogP contribution in [0.2, 0.25) is 0 Å². The van der Waals surface area contributed by atoms with Crippen LogP contribution in [0.4, 0.5) is 0 Å². The van der Waals surface area contributed by atoms with E-state index in [1.807, 2.05) is 0 Å². The highest BCUT2D eigenvalue weighted by Gasteiger charge is 2.29. The zero-order chi connectivity index (χ0) is 8.97. The zero-order valence-corrected chi connectivity index (χ0v) is 7.50. The third-order valence-corrected chi connectivity index (χ3v) is 1.92. The van der Waals surface area contributed by atoms with Crippen LogP contribution in [0.25, 0.3) is 0 Å². The van der Waals surface area contributed by atoms with Gasteiger partial charge in [0, 0.05) is 20.1 Å². The maximum absolute atomic E-state index is 11.1. The molecule has 1 aliphatic carbocycles. The molecule has 1 rings (SSSR count). The lowest BCUT2D eigenvalue weighted by Crippen LogP contribution is -2.34. The molecule has 0 aliphatic heterocycles. The molecule has 1 fully saturated rings. The number of amides is 1. The van der Waals surface area contributed by atoms with Gasteiger partial charge in [-0.3, -0.25) is 4.79 Å². The van der Waals surface area contributed by atoms with Crippen molar-refractivity contribution >= 4 is 5.91 Å².